The molecule has 2 aliphatic heterocycles. The van der Waals surface area contributed by atoms with Crippen molar-refractivity contribution in [3.63, 3.8) is 0 Å². The van der Waals surface area contributed by atoms with Gasteiger partial charge in [0.1, 0.15) is 18.0 Å². The van der Waals surface area contributed by atoms with E-state index in [9.17, 15) is 42.6 Å². The zero-order valence-electron chi connectivity index (χ0n) is 33.0. The molecule has 15 nitrogen and oxygen atoms in total. The van der Waals surface area contributed by atoms with Gasteiger partial charge in [0.15, 0.2) is 5.78 Å². The number of hydrazine groups is 1. The monoisotopic (exact) mass is 855 g/mol. The van der Waals surface area contributed by atoms with Crippen LogP contribution in [0.15, 0.2) is 121 Å². The van der Waals surface area contributed by atoms with Crippen molar-refractivity contribution in [2.75, 3.05) is 19.6 Å². The first-order chi connectivity index (χ1) is 28.5. The molecule has 0 radical (unpaired) electrons. The normalized spacial score (nSPS) is 17.8. The van der Waals surface area contributed by atoms with E-state index in [1.54, 1.807) is 70.7 Å². The molecular weight excluding hydrogens is 810 g/mol. The van der Waals surface area contributed by atoms with Gasteiger partial charge < -0.3 is 14.3 Å². The lowest BCUT2D eigenvalue weighted by Crippen LogP contribution is -2.75. The Morgan fingerprint density at radius 3 is 2.28 bits per heavy atom. The second-order valence-electron chi connectivity index (χ2n) is 14.9. The van der Waals surface area contributed by atoms with Gasteiger partial charge in [-0.2, -0.15) is 0 Å². The van der Waals surface area contributed by atoms with Gasteiger partial charge in [-0.25, -0.2) is 18.6 Å². The number of hydrogen-bond donors (Lipinski definition) is 4. The molecule has 2 atom stereocenters. The van der Waals surface area contributed by atoms with Crippen LogP contribution < -0.4 is 4.52 Å². The largest absolute Gasteiger partial charge is 0.524 e. The molecule has 4 N–H and O–H groups in total. The molecule has 2 fully saturated rings. The number of amides is 3. The van der Waals surface area contributed by atoms with E-state index in [0.717, 1.165) is 11.1 Å². The maximum atomic E-state index is 14.9. The molecule has 1 aromatic heterocycles. The van der Waals surface area contributed by atoms with E-state index in [4.69, 9.17) is 4.52 Å². The van der Waals surface area contributed by atoms with E-state index >= 15 is 0 Å². The maximum absolute atomic E-state index is 14.9. The van der Waals surface area contributed by atoms with Gasteiger partial charge in [0.2, 0.25) is 17.7 Å². The number of carbonyl (C=O) groups excluding carboxylic acids is 4. The molecule has 4 aromatic carbocycles. The van der Waals surface area contributed by atoms with Gasteiger partial charge in [0, 0.05) is 43.1 Å². The van der Waals surface area contributed by atoms with Crippen LogP contribution in [0.2, 0.25) is 0 Å². The molecule has 0 bridgehead atoms. The third-order valence-electron chi connectivity index (χ3n) is 10.7. The Balaban J connectivity index is 1.31. The van der Waals surface area contributed by atoms with E-state index in [-0.39, 0.29) is 72.8 Å². The van der Waals surface area contributed by atoms with Crippen LogP contribution in [0.4, 0.5) is 0 Å². The molecule has 314 valence electrons. The zero-order chi connectivity index (χ0) is 42.9. The Morgan fingerprint density at radius 1 is 0.933 bits per heavy atom. The summed E-state index contributed by atoms with van der Waals surface area (Å²) in [5.41, 5.74) is 3.48. The van der Waals surface area contributed by atoms with Gasteiger partial charge in [-0.1, -0.05) is 95.2 Å². The molecule has 60 heavy (non-hydrogen) atoms. The van der Waals surface area contributed by atoms with Gasteiger partial charge in [0.05, 0.1) is 23.5 Å². The molecule has 0 unspecified atom stereocenters. The predicted octanol–water partition coefficient (Wildman–Crippen LogP) is 6.18. The van der Waals surface area contributed by atoms with Crippen molar-refractivity contribution in [2.24, 2.45) is 0 Å². The minimum Gasteiger partial charge on any atom is -0.404 e. The summed E-state index contributed by atoms with van der Waals surface area (Å²) < 4.78 is 41.2. The minimum atomic E-state index is -4.84. The van der Waals surface area contributed by atoms with Crippen molar-refractivity contribution < 1.29 is 47.2 Å². The average molecular weight is 856 g/mol. The standard InChI is InChI=1S/C43H46N5O10PS/c1-4-23-45-28-41(51)47-38(24-32-15-18-34(19-16-32)58-59(53,54)55)43(52)44(27-39(47)48(45)40(50)22-17-31-9-6-5-7-10-31)25-33-11-8-12-36-37(30(3)49)26-46(42(33)36)60(56,57)35-20-13-29(2)14-21-35/h4-16,18-21,26,38-39,56-57H,1,17,22-25,27-28H2,2-3H3,(H2,53,54,55)/t38-,39-/m0/s1. The fourth-order valence-electron chi connectivity index (χ4n) is 7.93. The number of benzene rings is 4. The number of ketones is 1. The predicted molar refractivity (Wildman–Crippen MR) is 226 cm³/mol. The molecule has 3 heterocycles. The molecular formula is C43H46N5O10PS. The van der Waals surface area contributed by atoms with Crippen molar-refractivity contribution >= 4 is 53.0 Å². The molecule has 2 aliphatic rings. The van der Waals surface area contributed by atoms with Crippen LogP contribution in [0.5, 0.6) is 5.75 Å². The third-order valence-corrected chi connectivity index (χ3v) is 12.9. The molecule has 2 saturated heterocycles. The second-order valence-corrected chi connectivity index (χ2v) is 17.9. The van der Waals surface area contributed by atoms with Crippen LogP contribution >= 0.6 is 18.6 Å². The summed E-state index contributed by atoms with van der Waals surface area (Å²) in [7, 11) is -8.59. The molecule has 0 saturated carbocycles. The second kappa shape index (κ2) is 17.2. The SMILES string of the molecule is C=CCN1CC(=O)N2[C@@H](Cc3ccc(OP(=O)(O)O)cc3)C(=O)N(Cc3cccc4c(C(C)=O)cn(S(O)(O)c5ccc(C)cc5)c34)C[C@@H]2N1C(=O)CCc1ccccc1. The van der Waals surface area contributed by atoms with Gasteiger partial charge in [-0.05, 0) is 61.2 Å². The van der Waals surface area contributed by atoms with Gasteiger partial charge in [0.25, 0.3) is 0 Å². The number of hydrogen-bond acceptors (Lipinski definition) is 9. The highest BCUT2D eigenvalue weighted by Gasteiger charge is 2.51. The fraction of sp³-hybridized carbons (Fsp3) is 0.256. The van der Waals surface area contributed by atoms with Gasteiger partial charge in [-0.15, -0.1) is 6.58 Å². The average Bonchev–Trinajstić information content (AvgIpc) is 3.62. The van der Waals surface area contributed by atoms with Crippen molar-refractivity contribution in [3.8, 4) is 5.75 Å². The zero-order valence-corrected chi connectivity index (χ0v) is 34.7. The summed E-state index contributed by atoms with van der Waals surface area (Å²) >= 11 is 0. The summed E-state index contributed by atoms with van der Waals surface area (Å²) in [6.07, 6.45) is 2.57. The number of aromatic nitrogens is 1. The topological polar surface area (TPSA) is 193 Å². The van der Waals surface area contributed by atoms with Crippen molar-refractivity contribution in [2.45, 2.75) is 56.8 Å². The number of carbonyl (C=O) groups is 4. The minimum absolute atomic E-state index is 0.0235. The quantitative estimate of drug-likeness (QED) is 0.0566. The van der Waals surface area contributed by atoms with Crippen LogP contribution in [-0.2, 0) is 38.3 Å². The molecule has 5 aromatic rings. The number of phosphoric acid groups is 1. The first-order valence-corrected chi connectivity index (χ1v) is 22.2. The van der Waals surface area contributed by atoms with Crippen LogP contribution in [0.1, 0.15) is 46.0 Å². The number of Topliss-reactive ketones (excluding diaryl/α,β-unsaturated/α-hetero) is 1. The summed E-state index contributed by atoms with van der Waals surface area (Å²) in [5.74, 6) is -1.50. The number of piperazine rings is 1. The van der Waals surface area contributed by atoms with Crippen molar-refractivity contribution in [1.82, 2.24) is 23.8 Å². The lowest BCUT2D eigenvalue weighted by molar-refractivity contribution is -0.205. The highest BCUT2D eigenvalue weighted by Crippen LogP contribution is 2.52. The Hall–Kier alpha value is -5.58. The highest BCUT2D eigenvalue weighted by molar-refractivity contribution is 8.23. The van der Waals surface area contributed by atoms with E-state index in [1.807, 2.05) is 37.3 Å². The molecule has 17 heteroatoms. The highest BCUT2D eigenvalue weighted by atomic mass is 32.3. The Morgan fingerprint density at radius 2 is 1.63 bits per heavy atom. The number of phosphoric ester groups is 1. The maximum Gasteiger partial charge on any atom is 0.524 e. The lowest BCUT2D eigenvalue weighted by Gasteiger charge is -2.55. The molecule has 3 amide bonds. The first-order valence-electron chi connectivity index (χ1n) is 19.2. The van der Waals surface area contributed by atoms with Crippen LogP contribution in [0.3, 0.4) is 0 Å². The fourth-order valence-corrected chi connectivity index (χ4v) is 9.78. The Bertz CT molecular complexity index is 2490. The first kappa shape index (κ1) is 42.5. The number of nitrogens with zero attached hydrogens (tertiary/aromatic N) is 5. The van der Waals surface area contributed by atoms with Crippen LogP contribution in [0.25, 0.3) is 10.9 Å². The van der Waals surface area contributed by atoms with E-state index in [0.29, 0.717) is 28.5 Å². The Labute approximate surface area is 348 Å². The molecule has 0 aliphatic carbocycles. The summed E-state index contributed by atoms with van der Waals surface area (Å²) in [5, 5.41) is 3.63. The Kier molecular flexibility index (Phi) is 12.2. The van der Waals surface area contributed by atoms with Crippen LogP contribution in [0, 0.1) is 6.92 Å². The molecule has 7 rings (SSSR count). The summed E-state index contributed by atoms with van der Waals surface area (Å²) in [6.45, 7) is 6.89. The number of fused-ring (bicyclic) bond motifs is 2. The lowest BCUT2D eigenvalue weighted by atomic mass is 9.97. The van der Waals surface area contributed by atoms with E-state index < -0.39 is 36.7 Å². The van der Waals surface area contributed by atoms with E-state index in [1.165, 1.54) is 39.0 Å². The number of aryl methyl sites for hydroxylation is 2. The smallest absolute Gasteiger partial charge is 0.404 e. The van der Waals surface area contributed by atoms with Gasteiger partial charge in [-0.3, -0.25) is 38.1 Å². The number of para-hydroxylation sites is 1. The van der Waals surface area contributed by atoms with E-state index in [2.05, 4.69) is 6.58 Å². The third kappa shape index (κ3) is 8.81. The van der Waals surface area contributed by atoms with Gasteiger partial charge >= 0.3 is 7.82 Å². The van der Waals surface area contributed by atoms with Crippen LogP contribution in [-0.4, -0.2) is 98.0 Å². The van der Waals surface area contributed by atoms with Crippen molar-refractivity contribution in [3.05, 3.63) is 144 Å². The molecule has 0 spiro atoms. The summed E-state index contributed by atoms with van der Waals surface area (Å²) in [4.78, 5) is 78.3. The van der Waals surface area contributed by atoms with Crippen molar-refractivity contribution in [1.29, 1.82) is 0 Å². The summed E-state index contributed by atoms with van der Waals surface area (Å²) in [6, 6.07) is 26.1. The number of rotatable bonds is 14.